The van der Waals surface area contributed by atoms with Crippen LogP contribution in [0.2, 0.25) is 15.1 Å². The van der Waals surface area contributed by atoms with Crippen molar-refractivity contribution in [2.75, 3.05) is 5.32 Å². The zero-order valence-corrected chi connectivity index (χ0v) is 18.0. The molecule has 0 radical (unpaired) electrons. The van der Waals surface area contributed by atoms with E-state index in [1.165, 1.54) is 38.1 Å². The fraction of sp³-hybridized carbons (Fsp3) is 0.200. The minimum absolute atomic E-state index is 0.149. The molecule has 30 heavy (non-hydrogen) atoms. The minimum Gasteiger partial charge on any atom is -0.451 e. The second-order valence-electron chi connectivity index (χ2n) is 6.52. The third kappa shape index (κ3) is 4.14. The van der Waals surface area contributed by atoms with Gasteiger partial charge >= 0.3 is 5.97 Å². The number of nitrogens with zero attached hydrogens (tertiary/aromatic N) is 1. The predicted octanol–water partition coefficient (Wildman–Crippen LogP) is 4.20. The summed E-state index contributed by atoms with van der Waals surface area (Å²) in [7, 11) is 0. The highest BCUT2D eigenvalue weighted by Gasteiger charge is 2.41. The van der Waals surface area contributed by atoms with E-state index in [0.29, 0.717) is 0 Å². The largest absolute Gasteiger partial charge is 0.451 e. The van der Waals surface area contributed by atoms with Gasteiger partial charge in [-0.3, -0.25) is 19.3 Å². The lowest BCUT2D eigenvalue weighted by atomic mass is 10.1. The Kier molecular flexibility index (Phi) is 6.36. The van der Waals surface area contributed by atoms with Gasteiger partial charge in [-0.1, -0.05) is 46.9 Å². The SMILES string of the molecule is CC(OC(=O)C(C)N1C(=O)c2ccccc2C1=O)C(=O)Nc1cc(Cl)c(Cl)cc1Cl. The molecule has 10 heteroatoms. The van der Waals surface area contributed by atoms with Crippen LogP contribution < -0.4 is 5.32 Å². The number of hydrogen-bond acceptors (Lipinski definition) is 5. The molecule has 3 amide bonds. The Hall–Kier alpha value is -2.61. The molecule has 0 bridgehead atoms. The molecule has 0 spiro atoms. The lowest BCUT2D eigenvalue weighted by Gasteiger charge is -2.23. The molecule has 2 aromatic rings. The standard InChI is InChI=1S/C20H15Cl3N2O5/c1-9(25-18(27)11-5-3-4-6-12(11)19(25)28)20(29)30-10(2)17(26)24-16-8-14(22)13(21)7-15(16)23/h3-10H,1-2H3,(H,24,26). The van der Waals surface area contributed by atoms with Crippen LogP contribution in [0.15, 0.2) is 36.4 Å². The van der Waals surface area contributed by atoms with E-state index in [2.05, 4.69) is 5.32 Å². The van der Waals surface area contributed by atoms with Crippen LogP contribution in [0.25, 0.3) is 0 Å². The van der Waals surface area contributed by atoms with Crippen LogP contribution in [0.3, 0.4) is 0 Å². The number of amides is 3. The van der Waals surface area contributed by atoms with Gasteiger partial charge in [-0.2, -0.15) is 0 Å². The average molecular weight is 470 g/mol. The Morgan fingerprint density at radius 3 is 2.03 bits per heavy atom. The lowest BCUT2D eigenvalue weighted by Crippen LogP contribution is -2.45. The zero-order valence-electron chi connectivity index (χ0n) is 15.7. The Morgan fingerprint density at radius 2 is 1.47 bits per heavy atom. The fourth-order valence-corrected chi connectivity index (χ4v) is 3.44. The van der Waals surface area contributed by atoms with Gasteiger partial charge in [0.1, 0.15) is 6.04 Å². The number of rotatable bonds is 5. The van der Waals surface area contributed by atoms with Gasteiger partial charge in [0.15, 0.2) is 6.10 Å². The summed E-state index contributed by atoms with van der Waals surface area (Å²) in [4.78, 5) is 50.7. The van der Waals surface area contributed by atoms with Gasteiger partial charge in [0.05, 0.1) is 31.9 Å². The number of esters is 1. The monoisotopic (exact) mass is 468 g/mol. The van der Waals surface area contributed by atoms with E-state index in [1.54, 1.807) is 12.1 Å². The summed E-state index contributed by atoms with van der Waals surface area (Å²) >= 11 is 17.8. The highest BCUT2D eigenvalue weighted by Crippen LogP contribution is 2.32. The van der Waals surface area contributed by atoms with Crippen LogP contribution in [0.4, 0.5) is 5.69 Å². The summed E-state index contributed by atoms with van der Waals surface area (Å²) in [5.74, 6) is -2.79. The van der Waals surface area contributed by atoms with Gasteiger partial charge in [0, 0.05) is 0 Å². The third-order valence-electron chi connectivity index (χ3n) is 4.48. The Labute approximate surface area is 186 Å². The van der Waals surface area contributed by atoms with Gasteiger partial charge in [0.25, 0.3) is 17.7 Å². The molecule has 1 N–H and O–H groups in total. The van der Waals surface area contributed by atoms with Crippen molar-refractivity contribution in [2.24, 2.45) is 0 Å². The first-order valence-electron chi connectivity index (χ1n) is 8.74. The van der Waals surface area contributed by atoms with Crippen LogP contribution in [-0.4, -0.2) is 40.7 Å². The minimum atomic E-state index is -1.24. The summed E-state index contributed by atoms with van der Waals surface area (Å²) in [5.41, 5.74) is 0.608. The van der Waals surface area contributed by atoms with Crippen LogP contribution in [0.5, 0.6) is 0 Å². The number of hydrogen-bond donors (Lipinski definition) is 1. The van der Waals surface area contributed by atoms with Crippen molar-refractivity contribution in [3.63, 3.8) is 0 Å². The molecule has 2 unspecified atom stereocenters. The molecule has 1 aliphatic heterocycles. The quantitative estimate of drug-likeness (QED) is 0.402. The number of carbonyl (C=O) groups excluding carboxylic acids is 4. The Balaban J connectivity index is 1.67. The van der Waals surface area contributed by atoms with E-state index in [1.807, 2.05) is 0 Å². The van der Waals surface area contributed by atoms with E-state index in [4.69, 9.17) is 39.5 Å². The van der Waals surface area contributed by atoms with Crippen molar-refractivity contribution in [3.05, 3.63) is 62.6 Å². The lowest BCUT2D eigenvalue weighted by molar-refractivity contribution is -0.156. The number of anilines is 1. The van der Waals surface area contributed by atoms with Crippen molar-refractivity contribution in [1.82, 2.24) is 4.90 Å². The molecule has 1 aliphatic rings. The summed E-state index contributed by atoms with van der Waals surface area (Å²) in [6.07, 6.45) is -1.24. The molecule has 0 saturated carbocycles. The molecule has 0 aliphatic carbocycles. The van der Waals surface area contributed by atoms with E-state index < -0.39 is 35.8 Å². The summed E-state index contributed by atoms with van der Waals surface area (Å²) in [6.45, 7) is 2.69. The predicted molar refractivity (Wildman–Crippen MR) is 112 cm³/mol. The maximum absolute atomic E-state index is 12.5. The van der Waals surface area contributed by atoms with Gasteiger partial charge in [-0.15, -0.1) is 0 Å². The summed E-state index contributed by atoms with van der Waals surface area (Å²) < 4.78 is 5.15. The second-order valence-corrected chi connectivity index (χ2v) is 7.74. The van der Waals surface area contributed by atoms with Crippen LogP contribution in [-0.2, 0) is 14.3 Å². The fourth-order valence-electron chi connectivity index (χ4n) is 2.84. The molecule has 0 aromatic heterocycles. The first kappa shape index (κ1) is 22.1. The number of carbonyl (C=O) groups is 4. The Bertz CT molecular complexity index is 1040. The number of imide groups is 1. The van der Waals surface area contributed by atoms with E-state index in [9.17, 15) is 19.2 Å². The highest BCUT2D eigenvalue weighted by atomic mass is 35.5. The number of ether oxygens (including phenoxy) is 1. The maximum atomic E-state index is 12.5. The number of halogens is 3. The third-order valence-corrected chi connectivity index (χ3v) is 5.52. The highest BCUT2D eigenvalue weighted by molar-refractivity contribution is 6.44. The van der Waals surface area contributed by atoms with Gasteiger partial charge in [0.2, 0.25) is 0 Å². The number of nitrogens with one attached hydrogen (secondary N) is 1. The topological polar surface area (TPSA) is 92.8 Å². The molecule has 0 saturated heterocycles. The van der Waals surface area contributed by atoms with Gasteiger partial charge in [-0.25, -0.2) is 4.79 Å². The van der Waals surface area contributed by atoms with Crippen molar-refractivity contribution in [2.45, 2.75) is 26.0 Å². The molecular weight excluding hydrogens is 455 g/mol. The summed E-state index contributed by atoms with van der Waals surface area (Å²) in [5, 5.41) is 3.03. The molecular formula is C20H15Cl3N2O5. The van der Waals surface area contributed by atoms with E-state index >= 15 is 0 Å². The van der Waals surface area contributed by atoms with Crippen LogP contribution in [0, 0.1) is 0 Å². The molecule has 1 heterocycles. The number of fused-ring (bicyclic) bond motifs is 1. The van der Waals surface area contributed by atoms with Gasteiger partial charge < -0.3 is 10.1 Å². The Morgan fingerprint density at radius 1 is 0.933 bits per heavy atom. The molecule has 3 rings (SSSR count). The second kappa shape index (κ2) is 8.63. The van der Waals surface area contributed by atoms with E-state index in [0.717, 1.165) is 4.90 Å². The number of benzene rings is 2. The first-order valence-corrected chi connectivity index (χ1v) is 9.88. The molecule has 2 aromatic carbocycles. The van der Waals surface area contributed by atoms with Gasteiger partial charge in [-0.05, 0) is 38.1 Å². The summed E-state index contributed by atoms with van der Waals surface area (Å²) in [6, 6.07) is 7.76. The van der Waals surface area contributed by atoms with Crippen LogP contribution in [0.1, 0.15) is 34.6 Å². The first-order chi connectivity index (χ1) is 14.1. The van der Waals surface area contributed by atoms with Crippen molar-refractivity contribution >= 4 is 64.2 Å². The maximum Gasteiger partial charge on any atom is 0.329 e. The zero-order chi connectivity index (χ0) is 22.2. The van der Waals surface area contributed by atoms with E-state index in [-0.39, 0.29) is 31.9 Å². The molecule has 156 valence electrons. The normalized spacial score (nSPS) is 14.9. The van der Waals surface area contributed by atoms with Crippen molar-refractivity contribution in [3.8, 4) is 0 Å². The smallest absolute Gasteiger partial charge is 0.329 e. The molecule has 7 nitrogen and oxygen atoms in total. The average Bonchev–Trinajstić information content (AvgIpc) is 2.96. The van der Waals surface area contributed by atoms with Crippen LogP contribution >= 0.6 is 34.8 Å². The van der Waals surface area contributed by atoms with Crippen molar-refractivity contribution < 1.29 is 23.9 Å². The molecule has 0 fully saturated rings. The molecule has 2 atom stereocenters. The van der Waals surface area contributed by atoms with Crippen molar-refractivity contribution in [1.29, 1.82) is 0 Å².